The van der Waals surface area contributed by atoms with Gasteiger partial charge in [-0.05, 0) is 18.4 Å². The van der Waals surface area contributed by atoms with Gasteiger partial charge in [0.15, 0.2) is 0 Å². The minimum absolute atomic E-state index is 0.118. The van der Waals surface area contributed by atoms with Crippen molar-refractivity contribution in [3.8, 4) is 0 Å². The fourth-order valence-electron chi connectivity index (χ4n) is 1.87. The second kappa shape index (κ2) is 6.78. The normalized spacial score (nSPS) is 15.5. The standard InChI is InChI=1S/C13H13O7PS/c1-9(14)13(19-21(15)16)20-22(17,18)12-8-4-6-10-5-2-3-7-11(10)12/h2-9,13-14H,1H3/p+1/t9-,13-/m0/s1. The van der Waals surface area contributed by atoms with E-state index in [1.165, 1.54) is 13.0 Å². The molecule has 2 aromatic rings. The summed E-state index contributed by atoms with van der Waals surface area (Å²) in [5.74, 6) is 0. The topological polar surface area (TPSA) is 110 Å². The van der Waals surface area contributed by atoms with Gasteiger partial charge < -0.3 is 5.11 Å². The van der Waals surface area contributed by atoms with Crippen molar-refractivity contribution >= 4 is 29.1 Å². The molecule has 0 saturated carbocycles. The summed E-state index contributed by atoms with van der Waals surface area (Å²) in [7, 11) is -7.43. The van der Waals surface area contributed by atoms with E-state index in [-0.39, 0.29) is 4.90 Å². The molecule has 0 bridgehead atoms. The lowest BCUT2D eigenvalue weighted by molar-refractivity contribution is -0.0747. The lowest BCUT2D eigenvalue weighted by Gasteiger charge is -2.15. The molecule has 118 valence electrons. The predicted molar refractivity (Wildman–Crippen MR) is 78.6 cm³/mol. The molecule has 0 saturated heterocycles. The number of hydrogen-bond donors (Lipinski definition) is 2. The Morgan fingerprint density at radius 2 is 1.77 bits per heavy atom. The van der Waals surface area contributed by atoms with Gasteiger partial charge in [0.2, 0.25) is 0 Å². The number of aliphatic hydroxyl groups is 1. The molecule has 0 aliphatic heterocycles. The minimum atomic E-state index is -4.30. The molecule has 1 unspecified atom stereocenters. The highest BCUT2D eigenvalue weighted by atomic mass is 32.2. The first-order valence-electron chi connectivity index (χ1n) is 6.23. The summed E-state index contributed by atoms with van der Waals surface area (Å²) < 4.78 is 44.5. The molecule has 2 N–H and O–H groups in total. The summed E-state index contributed by atoms with van der Waals surface area (Å²) in [6.45, 7) is 1.18. The summed E-state index contributed by atoms with van der Waals surface area (Å²) in [6.07, 6.45) is -3.20. The highest BCUT2D eigenvalue weighted by Gasteiger charge is 2.34. The van der Waals surface area contributed by atoms with Crippen LogP contribution in [-0.2, 0) is 23.4 Å². The van der Waals surface area contributed by atoms with Crippen LogP contribution in [0.2, 0.25) is 0 Å². The second-order valence-electron chi connectivity index (χ2n) is 4.48. The molecule has 9 heteroatoms. The fraction of sp³-hybridized carbons (Fsp3) is 0.231. The van der Waals surface area contributed by atoms with Gasteiger partial charge in [-0.1, -0.05) is 40.9 Å². The van der Waals surface area contributed by atoms with Crippen LogP contribution >= 0.6 is 8.25 Å². The third-order valence-corrected chi connectivity index (χ3v) is 4.55. The summed E-state index contributed by atoms with van der Waals surface area (Å²) in [5.41, 5.74) is 0. The van der Waals surface area contributed by atoms with Crippen LogP contribution in [0.4, 0.5) is 0 Å². The molecule has 3 atom stereocenters. The molecule has 2 rings (SSSR count). The van der Waals surface area contributed by atoms with E-state index in [0.717, 1.165) is 0 Å². The molecular formula is C13H14O7PS+. The van der Waals surface area contributed by atoms with Crippen molar-refractivity contribution in [2.75, 3.05) is 0 Å². The maximum Gasteiger partial charge on any atom is 0.697 e. The van der Waals surface area contributed by atoms with Crippen LogP contribution in [-0.4, -0.2) is 30.8 Å². The highest BCUT2D eigenvalue weighted by Crippen LogP contribution is 2.28. The van der Waals surface area contributed by atoms with Crippen molar-refractivity contribution in [3.63, 3.8) is 0 Å². The summed E-state index contributed by atoms with van der Waals surface area (Å²) in [6, 6.07) is 11.4. The van der Waals surface area contributed by atoms with Crippen molar-refractivity contribution < 1.29 is 31.7 Å². The van der Waals surface area contributed by atoms with Gasteiger partial charge in [-0.25, -0.2) is 4.18 Å². The van der Waals surface area contributed by atoms with Gasteiger partial charge in [0.05, 0.1) is 0 Å². The largest absolute Gasteiger partial charge is 0.697 e. The van der Waals surface area contributed by atoms with Gasteiger partial charge in [-0.3, -0.25) is 0 Å². The van der Waals surface area contributed by atoms with Crippen LogP contribution in [0.3, 0.4) is 0 Å². The minimum Gasteiger partial charge on any atom is -0.388 e. The summed E-state index contributed by atoms with van der Waals surface area (Å²) in [4.78, 5) is 8.59. The number of hydrogen-bond acceptors (Lipinski definition) is 6. The van der Waals surface area contributed by atoms with E-state index < -0.39 is 30.8 Å². The van der Waals surface area contributed by atoms with Gasteiger partial charge in [-0.2, -0.15) is 8.42 Å². The van der Waals surface area contributed by atoms with Crippen molar-refractivity contribution in [2.24, 2.45) is 0 Å². The molecule has 0 aliphatic carbocycles. The van der Waals surface area contributed by atoms with Crippen LogP contribution in [0.15, 0.2) is 47.4 Å². The quantitative estimate of drug-likeness (QED) is 0.467. The Bertz CT molecular complexity index is 783. The summed E-state index contributed by atoms with van der Waals surface area (Å²) >= 11 is 0. The molecule has 0 radical (unpaired) electrons. The van der Waals surface area contributed by atoms with Crippen molar-refractivity contribution in [2.45, 2.75) is 24.2 Å². The van der Waals surface area contributed by atoms with E-state index in [0.29, 0.717) is 10.8 Å². The van der Waals surface area contributed by atoms with E-state index in [9.17, 15) is 18.1 Å². The first-order valence-corrected chi connectivity index (χ1v) is 8.77. The Labute approximate surface area is 128 Å². The van der Waals surface area contributed by atoms with Crippen LogP contribution < -0.4 is 0 Å². The second-order valence-corrected chi connectivity index (χ2v) is 6.71. The van der Waals surface area contributed by atoms with E-state index >= 15 is 0 Å². The van der Waals surface area contributed by atoms with E-state index in [2.05, 4.69) is 4.52 Å². The molecule has 0 aromatic heterocycles. The Balaban J connectivity index is 2.42. The van der Waals surface area contributed by atoms with Gasteiger partial charge in [-0.15, -0.1) is 4.89 Å². The van der Waals surface area contributed by atoms with Gasteiger partial charge in [0.1, 0.15) is 11.0 Å². The molecule has 0 aliphatic rings. The monoisotopic (exact) mass is 345 g/mol. The SMILES string of the molecule is C[C@H](O)[C@@H](O[P+](=O)O)OS(=O)(=O)c1cccc2ccccc12. The maximum atomic E-state index is 12.4. The lowest BCUT2D eigenvalue weighted by atomic mass is 10.1. The Morgan fingerprint density at radius 1 is 1.14 bits per heavy atom. The summed E-state index contributed by atoms with van der Waals surface area (Å²) in [5, 5.41) is 10.6. The first-order chi connectivity index (χ1) is 10.3. The molecule has 22 heavy (non-hydrogen) atoms. The maximum absolute atomic E-state index is 12.4. The third kappa shape index (κ3) is 3.86. The Hall–Kier alpha value is -1.41. The average Bonchev–Trinajstić information content (AvgIpc) is 2.45. The van der Waals surface area contributed by atoms with Crippen LogP contribution in [0.1, 0.15) is 6.92 Å². The van der Waals surface area contributed by atoms with E-state index in [1.807, 2.05) is 0 Å². The molecular weight excluding hydrogens is 331 g/mol. The predicted octanol–water partition coefficient (Wildman–Crippen LogP) is 1.92. The van der Waals surface area contributed by atoms with E-state index in [1.54, 1.807) is 36.4 Å². The van der Waals surface area contributed by atoms with Gasteiger partial charge in [0.25, 0.3) is 16.4 Å². The van der Waals surface area contributed by atoms with Crippen molar-refractivity contribution in [1.82, 2.24) is 0 Å². The average molecular weight is 345 g/mol. The number of benzene rings is 2. The number of rotatable bonds is 6. The zero-order chi connectivity index (χ0) is 16.3. The zero-order valence-electron chi connectivity index (χ0n) is 11.5. The van der Waals surface area contributed by atoms with Crippen molar-refractivity contribution in [1.29, 1.82) is 0 Å². The fourth-order valence-corrected chi connectivity index (χ4v) is 3.57. The Morgan fingerprint density at radius 3 is 2.41 bits per heavy atom. The third-order valence-electron chi connectivity index (χ3n) is 2.83. The lowest BCUT2D eigenvalue weighted by Crippen LogP contribution is -2.30. The number of aliphatic hydroxyl groups excluding tert-OH is 1. The van der Waals surface area contributed by atoms with Crippen molar-refractivity contribution in [3.05, 3.63) is 42.5 Å². The molecule has 2 aromatic carbocycles. The molecule has 0 amide bonds. The highest BCUT2D eigenvalue weighted by molar-refractivity contribution is 7.87. The van der Waals surface area contributed by atoms with Crippen LogP contribution in [0, 0.1) is 0 Å². The Kier molecular flexibility index (Phi) is 5.23. The van der Waals surface area contributed by atoms with Crippen LogP contribution in [0.5, 0.6) is 0 Å². The zero-order valence-corrected chi connectivity index (χ0v) is 13.2. The molecule has 0 spiro atoms. The molecule has 7 nitrogen and oxygen atoms in total. The van der Waals surface area contributed by atoms with Gasteiger partial charge >= 0.3 is 8.25 Å². The van der Waals surface area contributed by atoms with Gasteiger partial charge in [0, 0.05) is 9.95 Å². The molecule has 0 heterocycles. The molecule has 0 fully saturated rings. The smallest absolute Gasteiger partial charge is 0.388 e. The first kappa shape index (κ1) is 17.0. The van der Waals surface area contributed by atoms with Crippen LogP contribution in [0.25, 0.3) is 10.8 Å². The van der Waals surface area contributed by atoms with E-state index in [4.69, 9.17) is 9.08 Å². The number of fused-ring (bicyclic) bond motifs is 1.